The lowest BCUT2D eigenvalue weighted by atomic mass is 10.2. The minimum absolute atomic E-state index is 0.0319. The van der Waals surface area contributed by atoms with Gasteiger partial charge in [-0.05, 0) is 36.8 Å². The van der Waals surface area contributed by atoms with Crippen molar-refractivity contribution >= 4 is 50.1 Å². The van der Waals surface area contributed by atoms with Gasteiger partial charge in [-0.3, -0.25) is 14.5 Å². The number of amidine groups is 1. The third-order valence-corrected chi connectivity index (χ3v) is 8.03. The third-order valence-electron chi connectivity index (χ3n) is 5.04. The van der Waals surface area contributed by atoms with Crippen LogP contribution in [0.1, 0.15) is 19.8 Å². The molecule has 1 fully saturated rings. The van der Waals surface area contributed by atoms with Crippen LogP contribution in [-0.2, 0) is 19.6 Å². The van der Waals surface area contributed by atoms with Gasteiger partial charge in [0.25, 0.3) is 0 Å². The average molecular weight is 505 g/mol. The van der Waals surface area contributed by atoms with Crippen molar-refractivity contribution in [3.8, 4) is 5.75 Å². The van der Waals surface area contributed by atoms with Crippen molar-refractivity contribution in [2.45, 2.75) is 29.9 Å². The Morgan fingerprint density at radius 2 is 1.94 bits per heavy atom. The molecule has 2 amide bonds. The Morgan fingerprint density at radius 1 is 1.21 bits per heavy atom. The summed E-state index contributed by atoms with van der Waals surface area (Å²) in [7, 11) is 0.826. The van der Waals surface area contributed by atoms with Crippen LogP contribution in [0.4, 0.5) is 11.4 Å². The summed E-state index contributed by atoms with van der Waals surface area (Å²) < 4.78 is 31.3. The molecule has 1 saturated heterocycles. The number of methoxy groups -OCH3 is 1. The number of anilines is 1. The molecule has 1 N–H and O–H groups in total. The number of amides is 2. The summed E-state index contributed by atoms with van der Waals surface area (Å²) >= 11 is 1.20. The van der Waals surface area contributed by atoms with Crippen molar-refractivity contribution in [2.24, 2.45) is 4.99 Å². The van der Waals surface area contributed by atoms with E-state index in [1.54, 1.807) is 41.3 Å². The van der Waals surface area contributed by atoms with E-state index < -0.39 is 15.3 Å². The number of carbonyl (C=O) groups excluding carboxylic acids is 2. The molecule has 3 rings (SSSR count). The van der Waals surface area contributed by atoms with Gasteiger partial charge in [-0.1, -0.05) is 36.9 Å². The summed E-state index contributed by atoms with van der Waals surface area (Å²) in [4.78, 5) is 31.9. The summed E-state index contributed by atoms with van der Waals surface area (Å²) in [5.74, 6) is 0.0219. The van der Waals surface area contributed by atoms with Crippen LogP contribution in [0, 0.1) is 0 Å². The quantitative estimate of drug-likeness (QED) is 0.561. The molecule has 0 radical (unpaired) electrons. The molecule has 1 atom stereocenters. The second kappa shape index (κ2) is 11.0. The van der Waals surface area contributed by atoms with Crippen LogP contribution in [0.25, 0.3) is 0 Å². The Morgan fingerprint density at radius 3 is 2.62 bits per heavy atom. The number of ether oxygens (including phenoxy) is 1. The predicted octanol–water partition coefficient (Wildman–Crippen LogP) is 3.32. The standard InChI is InChI=1S/C23H28N4O5S2/c1-5-13-27-22(29)20(15-21(28)25-18-11-6-7-12-19(18)32-4)33-23(27)24-16-9-8-10-17(14-16)34(30,31)26(2)3/h6-12,14,20H,5,13,15H2,1-4H3,(H,25,28)/t20-/m1/s1. The van der Waals surface area contributed by atoms with Gasteiger partial charge in [0.2, 0.25) is 21.8 Å². The minimum atomic E-state index is -3.62. The van der Waals surface area contributed by atoms with E-state index in [-0.39, 0.29) is 23.1 Å². The number of carbonyl (C=O) groups is 2. The number of hydrogen-bond donors (Lipinski definition) is 1. The number of nitrogens with one attached hydrogen (secondary N) is 1. The van der Waals surface area contributed by atoms with Crippen LogP contribution < -0.4 is 10.1 Å². The van der Waals surface area contributed by atoms with Crippen molar-refractivity contribution in [3.05, 3.63) is 48.5 Å². The molecule has 1 aliphatic heterocycles. The molecule has 2 aromatic carbocycles. The van der Waals surface area contributed by atoms with Crippen LogP contribution in [0.3, 0.4) is 0 Å². The smallest absolute Gasteiger partial charge is 0.242 e. The summed E-state index contributed by atoms with van der Waals surface area (Å²) in [5.41, 5.74) is 0.946. The molecule has 11 heteroatoms. The fourth-order valence-corrected chi connectivity index (χ4v) is 5.43. The Bertz CT molecular complexity index is 1200. The zero-order valence-electron chi connectivity index (χ0n) is 19.5. The topological polar surface area (TPSA) is 108 Å². The summed E-state index contributed by atoms with van der Waals surface area (Å²) in [6.07, 6.45) is 0.677. The SMILES string of the molecule is CCCN1C(=O)[C@@H](CC(=O)Nc2ccccc2OC)SC1=Nc1cccc(S(=O)(=O)N(C)C)c1. The Labute approximate surface area is 204 Å². The Kier molecular flexibility index (Phi) is 8.34. The maximum absolute atomic E-state index is 13.0. The number of thioether (sulfide) groups is 1. The molecule has 182 valence electrons. The number of sulfonamides is 1. The lowest BCUT2D eigenvalue weighted by Crippen LogP contribution is -2.34. The summed E-state index contributed by atoms with van der Waals surface area (Å²) in [6.45, 7) is 2.40. The van der Waals surface area contributed by atoms with Gasteiger partial charge in [0.05, 0.1) is 23.4 Å². The molecule has 0 aromatic heterocycles. The zero-order chi connectivity index (χ0) is 24.9. The fraction of sp³-hybridized carbons (Fsp3) is 0.348. The van der Waals surface area contributed by atoms with Gasteiger partial charge in [0.15, 0.2) is 5.17 Å². The van der Waals surface area contributed by atoms with Gasteiger partial charge in [0, 0.05) is 27.1 Å². The first-order valence-corrected chi connectivity index (χ1v) is 13.0. The molecule has 0 spiro atoms. The largest absolute Gasteiger partial charge is 0.495 e. The highest BCUT2D eigenvalue weighted by Gasteiger charge is 2.38. The van der Waals surface area contributed by atoms with Gasteiger partial charge >= 0.3 is 0 Å². The van der Waals surface area contributed by atoms with Gasteiger partial charge in [-0.15, -0.1) is 0 Å². The van der Waals surface area contributed by atoms with Crippen molar-refractivity contribution in [2.75, 3.05) is 33.1 Å². The number of benzene rings is 2. The normalized spacial score (nSPS) is 17.4. The molecule has 0 saturated carbocycles. The van der Waals surface area contributed by atoms with Gasteiger partial charge in [0.1, 0.15) is 11.0 Å². The molecule has 9 nitrogen and oxygen atoms in total. The molecule has 2 aromatic rings. The minimum Gasteiger partial charge on any atom is -0.495 e. The maximum Gasteiger partial charge on any atom is 0.242 e. The second-order valence-electron chi connectivity index (χ2n) is 7.73. The van der Waals surface area contributed by atoms with Gasteiger partial charge in [-0.25, -0.2) is 17.7 Å². The van der Waals surface area contributed by atoms with E-state index in [1.807, 2.05) is 6.92 Å². The average Bonchev–Trinajstić information content (AvgIpc) is 3.08. The Hall–Kier alpha value is -2.89. The van der Waals surface area contributed by atoms with E-state index >= 15 is 0 Å². The molecule has 34 heavy (non-hydrogen) atoms. The van der Waals surface area contributed by atoms with Crippen LogP contribution >= 0.6 is 11.8 Å². The lowest BCUT2D eigenvalue weighted by Gasteiger charge is -2.15. The van der Waals surface area contributed by atoms with Crippen molar-refractivity contribution in [1.29, 1.82) is 0 Å². The van der Waals surface area contributed by atoms with Crippen LogP contribution in [-0.4, -0.2) is 67.6 Å². The molecule has 0 aliphatic carbocycles. The molecule has 0 bridgehead atoms. The van der Waals surface area contributed by atoms with Crippen LogP contribution in [0.15, 0.2) is 58.4 Å². The monoisotopic (exact) mass is 504 g/mol. The van der Waals surface area contributed by atoms with E-state index in [0.29, 0.717) is 35.3 Å². The zero-order valence-corrected chi connectivity index (χ0v) is 21.1. The number of aliphatic imine (C=N–C) groups is 1. The van der Waals surface area contributed by atoms with Crippen molar-refractivity contribution < 1.29 is 22.7 Å². The number of nitrogens with zero attached hydrogens (tertiary/aromatic N) is 3. The molecule has 1 heterocycles. The summed E-state index contributed by atoms with van der Waals surface area (Å²) in [5, 5.41) is 2.61. The molecular weight excluding hydrogens is 476 g/mol. The van der Waals surface area contributed by atoms with E-state index in [0.717, 1.165) is 4.31 Å². The first-order chi connectivity index (χ1) is 16.2. The van der Waals surface area contributed by atoms with Crippen molar-refractivity contribution in [1.82, 2.24) is 9.21 Å². The van der Waals surface area contributed by atoms with Gasteiger partial charge in [-0.2, -0.15) is 0 Å². The van der Waals surface area contributed by atoms with E-state index in [1.165, 1.54) is 45.1 Å². The second-order valence-corrected chi connectivity index (χ2v) is 11.0. The van der Waals surface area contributed by atoms with E-state index in [9.17, 15) is 18.0 Å². The number of hydrogen-bond acceptors (Lipinski definition) is 7. The van der Waals surface area contributed by atoms with Crippen molar-refractivity contribution in [3.63, 3.8) is 0 Å². The highest BCUT2D eigenvalue weighted by atomic mass is 32.2. The van der Waals surface area contributed by atoms with Crippen LogP contribution in [0.5, 0.6) is 5.75 Å². The molecule has 0 unspecified atom stereocenters. The predicted molar refractivity (Wildman–Crippen MR) is 134 cm³/mol. The lowest BCUT2D eigenvalue weighted by molar-refractivity contribution is -0.128. The maximum atomic E-state index is 13.0. The Balaban J connectivity index is 1.81. The highest BCUT2D eigenvalue weighted by molar-refractivity contribution is 8.15. The third kappa shape index (κ3) is 5.78. The number of para-hydroxylation sites is 2. The molecule has 1 aliphatic rings. The first kappa shape index (κ1) is 25.7. The number of rotatable bonds is 9. The highest BCUT2D eigenvalue weighted by Crippen LogP contribution is 2.33. The van der Waals surface area contributed by atoms with Crippen LogP contribution in [0.2, 0.25) is 0 Å². The molecular formula is C23H28N4O5S2. The first-order valence-electron chi connectivity index (χ1n) is 10.7. The van der Waals surface area contributed by atoms with E-state index in [2.05, 4.69) is 10.3 Å². The van der Waals surface area contributed by atoms with E-state index in [4.69, 9.17) is 4.74 Å². The fourth-order valence-electron chi connectivity index (χ4n) is 3.31. The van der Waals surface area contributed by atoms with Gasteiger partial charge < -0.3 is 10.1 Å². The summed E-state index contributed by atoms with van der Waals surface area (Å²) in [6, 6.07) is 13.3.